The average Bonchev–Trinajstić information content (AvgIpc) is 2.45. The molecule has 7 nitrogen and oxygen atoms in total. The summed E-state index contributed by atoms with van der Waals surface area (Å²) in [6.45, 7) is 12.1. The third kappa shape index (κ3) is 7.48. The number of nitrogens with zero attached hydrogens (tertiary/aromatic N) is 1. The van der Waals surface area contributed by atoms with E-state index in [2.05, 4.69) is 17.2 Å². The van der Waals surface area contributed by atoms with Gasteiger partial charge in [-0.15, -0.1) is 0 Å². The minimum atomic E-state index is -0.551. The number of ether oxygens (including phenoxy) is 1. The second-order valence-corrected chi connectivity index (χ2v) is 7.09. The van der Waals surface area contributed by atoms with Crippen LogP contribution in [0, 0.1) is 0 Å². The molecule has 0 radical (unpaired) electrons. The lowest BCUT2D eigenvalue weighted by Crippen LogP contribution is -2.47. The monoisotopic (exact) mass is 339 g/mol. The van der Waals surface area contributed by atoms with Crippen LogP contribution in [0.5, 0.6) is 0 Å². The molecule has 0 bridgehead atoms. The number of likely N-dealkylation sites (tertiary alicyclic amines) is 1. The molecule has 0 unspecified atom stereocenters. The van der Waals surface area contributed by atoms with E-state index in [1.54, 1.807) is 32.6 Å². The van der Waals surface area contributed by atoms with Crippen LogP contribution in [0.4, 0.5) is 4.79 Å². The van der Waals surface area contributed by atoms with Gasteiger partial charge in [0.1, 0.15) is 5.60 Å². The predicted octanol–water partition coefficient (Wildman–Crippen LogP) is 1.58. The molecule has 0 saturated carbocycles. The highest BCUT2D eigenvalue weighted by molar-refractivity contribution is 5.92. The molecule has 0 atom stereocenters. The summed E-state index contributed by atoms with van der Waals surface area (Å²) in [5.74, 6) is -0.142. The first-order chi connectivity index (χ1) is 11.1. The van der Waals surface area contributed by atoms with Gasteiger partial charge in [-0.25, -0.2) is 4.79 Å². The van der Waals surface area contributed by atoms with Crippen molar-refractivity contribution < 1.29 is 19.1 Å². The molecule has 1 saturated heterocycles. The molecular weight excluding hydrogens is 310 g/mol. The van der Waals surface area contributed by atoms with Crippen molar-refractivity contribution in [1.29, 1.82) is 0 Å². The highest BCUT2D eigenvalue weighted by Crippen LogP contribution is 2.12. The number of hydrogen-bond acceptors (Lipinski definition) is 4. The van der Waals surface area contributed by atoms with Gasteiger partial charge in [-0.1, -0.05) is 6.58 Å². The maximum Gasteiger partial charge on any atom is 0.407 e. The molecule has 1 heterocycles. The van der Waals surface area contributed by atoms with Gasteiger partial charge in [0.15, 0.2) is 0 Å². The third-order valence-corrected chi connectivity index (χ3v) is 3.58. The van der Waals surface area contributed by atoms with Crippen molar-refractivity contribution in [3.63, 3.8) is 0 Å². The summed E-state index contributed by atoms with van der Waals surface area (Å²) < 4.78 is 5.11. The first kappa shape index (κ1) is 20.0. The predicted molar refractivity (Wildman–Crippen MR) is 91.4 cm³/mol. The fourth-order valence-corrected chi connectivity index (χ4v) is 2.33. The van der Waals surface area contributed by atoms with Crippen LogP contribution in [0.1, 0.15) is 47.0 Å². The van der Waals surface area contributed by atoms with E-state index in [4.69, 9.17) is 4.74 Å². The second-order valence-electron chi connectivity index (χ2n) is 7.09. The molecule has 2 N–H and O–H groups in total. The maximum atomic E-state index is 12.1. The fourth-order valence-electron chi connectivity index (χ4n) is 2.33. The first-order valence-corrected chi connectivity index (χ1v) is 8.29. The molecule has 0 aromatic carbocycles. The molecule has 7 heteroatoms. The zero-order valence-corrected chi connectivity index (χ0v) is 15.1. The largest absolute Gasteiger partial charge is 0.444 e. The molecule has 0 spiro atoms. The number of piperidine rings is 1. The molecular formula is C17H29N3O4. The van der Waals surface area contributed by atoms with Gasteiger partial charge in [0.05, 0.1) is 0 Å². The van der Waals surface area contributed by atoms with Gasteiger partial charge in [-0.3, -0.25) is 9.59 Å². The molecule has 1 aliphatic rings. The summed E-state index contributed by atoms with van der Waals surface area (Å²) in [7, 11) is 0. The molecule has 136 valence electrons. The number of amides is 3. The number of carbonyl (C=O) groups excluding carboxylic acids is 3. The van der Waals surface area contributed by atoms with Gasteiger partial charge in [0, 0.05) is 37.7 Å². The van der Waals surface area contributed by atoms with E-state index in [1.807, 2.05) is 0 Å². The lowest BCUT2D eigenvalue weighted by Gasteiger charge is -2.32. The number of rotatable bonds is 5. The second kappa shape index (κ2) is 8.70. The summed E-state index contributed by atoms with van der Waals surface area (Å²) in [6, 6.07) is 0.0816. The van der Waals surface area contributed by atoms with E-state index in [1.165, 1.54) is 0 Å². The molecule has 3 amide bonds. The first-order valence-electron chi connectivity index (χ1n) is 8.29. The number of hydrogen-bond donors (Lipinski definition) is 2. The Morgan fingerprint density at radius 1 is 1.21 bits per heavy atom. The quantitative estimate of drug-likeness (QED) is 0.745. The number of nitrogens with one attached hydrogen (secondary N) is 2. The molecule has 1 rings (SSSR count). The topological polar surface area (TPSA) is 87.7 Å². The Morgan fingerprint density at radius 2 is 1.79 bits per heavy atom. The van der Waals surface area contributed by atoms with Crippen LogP contribution in [0.2, 0.25) is 0 Å². The van der Waals surface area contributed by atoms with Crippen LogP contribution in [-0.4, -0.2) is 54.1 Å². The standard InChI is InChI=1S/C17H29N3O4/c1-12(2)15(22)19-13-7-10-20(11-8-13)14(21)6-9-18-16(23)24-17(3,4)5/h13H,1,6-11H2,2-5H3,(H,18,23)(H,19,22). The van der Waals surface area contributed by atoms with Crippen LogP contribution in [-0.2, 0) is 14.3 Å². The van der Waals surface area contributed by atoms with Gasteiger partial charge >= 0.3 is 6.09 Å². The van der Waals surface area contributed by atoms with Crippen LogP contribution in [0.25, 0.3) is 0 Å². The lowest BCUT2D eigenvalue weighted by molar-refractivity contribution is -0.132. The van der Waals surface area contributed by atoms with Crippen LogP contribution in [0.3, 0.4) is 0 Å². The minimum Gasteiger partial charge on any atom is -0.444 e. The molecule has 1 aliphatic heterocycles. The van der Waals surface area contributed by atoms with Crippen LogP contribution < -0.4 is 10.6 Å². The van der Waals surface area contributed by atoms with Crippen molar-refractivity contribution in [2.75, 3.05) is 19.6 Å². The highest BCUT2D eigenvalue weighted by atomic mass is 16.6. The Morgan fingerprint density at radius 3 is 2.29 bits per heavy atom. The van der Waals surface area contributed by atoms with Crippen LogP contribution >= 0.6 is 0 Å². The van der Waals surface area contributed by atoms with Gasteiger partial charge < -0.3 is 20.3 Å². The molecule has 24 heavy (non-hydrogen) atoms. The maximum absolute atomic E-state index is 12.1. The van der Waals surface area contributed by atoms with Gasteiger partial charge in [-0.2, -0.15) is 0 Å². The van der Waals surface area contributed by atoms with Crippen molar-refractivity contribution in [2.45, 2.75) is 58.6 Å². The van der Waals surface area contributed by atoms with E-state index in [0.717, 1.165) is 12.8 Å². The summed E-state index contributed by atoms with van der Waals surface area (Å²) in [4.78, 5) is 37.0. The summed E-state index contributed by atoms with van der Waals surface area (Å²) in [5, 5.41) is 5.49. The van der Waals surface area contributed by atoms with E-state index >= 15 is 0 Å². The average molecular weight is 339 g/mol. The van der Waals surface area contributed by atoms with Crippen molar-refractivity contribution in [3.05, 3.63) is 12.2 Å². The van der Waals surface area contributed by atoms with Crippen molar-refractivity contribution in [2.24, 2.45) is 0 Å². The number of carbonyl (C=O) groups is 3. The zero-order valence-electron chi connectivity index (χ0n) is 15.1. The van der Waals surface area contributed by atoms with E-state index in [9.17, 15) is 14.4 Å². The SMILES string of the molecule is C=C(C)C(=O)NC1CCN(C(=O)CCNC(=O)OC(C)(C)C)CC1. The summed E-state index contributed by atoms with van der Waals surface area (Å²) >= 11 is 0. The molecule has 0 aromatic heterocycles. The Balaban J connectivity index is 2.25. The van der Waals surface area contributed by atoms with Gasteiger partial charge in [0.2, 0.25) is 11.8 Å². The van der Waals surface area contributed by atoms with Crippen LogP contribution in [0.15, 0.2) is 12.2 Å². The molecule has 0 aromatic rings. The normalized spacial score (nSPS) is 15.6. The van der Waals surface area contributed by atoms with E-state index < -0.39 is 11.7 Å². The highest BCUT2D eigenvalue weighted by Gasteiger charge is 2.24. The van der Waals surface area contributed by atoms with Crippen molar-refractivity contribution >= 4 is 17.9 Å². The summed E-state index contributed by atoms with van der Waals surface area (Å²) in [5.41, 5.74) is -0.0637. The third-order valence-electron chi connectivity index (χ3n) is 3.58. The summed E-state index contributed by atoms with van der Waals surface area (Å²) in [6.07, 6.45) is 1.17. The van der Waals surface area contributed by atoms with Crippen molar-refractivity contribution in [3.8, 4) is 0 Å². The Kier molecular flexibility index (Phi) is 7.25. The zero-order chi connectivity index (χ0) is 18.3. The minimum absolute atomic E-state index is 0.00395. The molecule has 0 aliphatic carbocycles. The van der Waals surface area contributed by atoms with Gasteiger partial charge in [-0.05, 0) is 40.5 Å². The Bertz CT molecular complexity index is 489. The smallest absolute Gasteiger partial charge is 0.407 e. The molecule has 1 fully saturated rings. The van der Waals surface area contributed by atoms with E-state index in [-0.39, 0.29) is 30.8 Å². The van der Waals surface area contributed by atoms with E-state index in [0.29, 0.717) is 18.7 Å². The Labute approximate surface area is 143 Å². The van der Waals surface area contributed by atoms with Crippen molar-refractivity contribution in [1.82, 2.24) is 15.5 Å². The fraction of sp³-hybridized carbons (Fsp3) is 0.706. The lowest BCUT2D eigenvalue weighted by atomic mass is 10.0. The number of alkyl carbamates (subject to hydrolysis) is 1. The Hall–Kier alpha value is -2.05. The van der Waals surface area contributed by atoms with Gasteiger partial charge in [0.25, 0.3) is 0 Å².